The van der Waals surface area contributed by atoms with E-state index in [-0.39, 0.29) is 11.0 Å². The minimum atomic E-state index is -0.971. The zero-order valence-corrected chi connectivity index (χ0v) is 21.8. The van der Waals surface area contributed by atoms with E-state index in [1.807, 2.05) is 36.4 Å². The Hall–Kier alpha value is -3.19. The van der Waals surface area contributed by atoms with Crippen LogP contribution in [-0.2, 0) is 12.2 Å². The minimum Gasteiger partial charge on any atom is -0.487 e. The Balaban J connectivity index is 1.38. The van der Waals surface area contributed by atoms with E-state index < -0.39 is 11.6 Å². The third-order valence-corrected chi connectivity index (χ3v) is 7.96. The van der Waals surface area contributed by atoms with Gasteiger partial charge in [0.15, 0.2) is 0 Å². The molecule has 0 bridgehead atoms. The Morgan fingerprint density at radius 1 is 1.16 bits per heavy atom. The molecule has 2 aliphatic heterocycles. The van der Waals surface area contributed by atoms with Crippen LogP contribution in [0.2, 0.25) is 5.02 Å². The Bertz CT molecular complexity index is 1350. The van der Waals surface area contributed by atoms with Crippen molar-refractivity contribution in [3.8, 4) is 5.75 Å². The molecule has 3 heterocycles. The number of likely N-dealkylation sites (tertiary alicyclic amines) is 1. The number of benzene rings is 2. The summed E-state index contributed by atoms with van der Waals surface area (Å²) in [6.07, 6.45) is 5.29. The molecule has 2 aromatic carbocycles. The number of pyridine rings is 1. The van der Waals surface area contributed by atoms with Crippen molar-refractivity contribution >= 4 is 23.1 Å². The van der Waals surface area contributed by atoms with Gasteiger partial charge in [-0.25, -0.2) is 4.79 Å². The second-order valence-corrected chi connectivity index (χ2v) is 10.9. The number of rotatable bonds is 5. The average molecular weight is 519 g/mol. The summed E-state index contributed by atoms with van der Waals surface area (Å²) in [7, 11) is 0. The summed E-state index contributed by atoms with van der Waals surface area (Å²) in [6.45, 7) is 6.88. The van der Waals surface area contributed by atoms with Crippen molar-refractivity contribution in [1.82, 2.24) is 9.88 Å². The van der Waals surface area contributed by atoms with Crippen molar-refractivity contribution in [2.75, 3.05) is 19.6 Å². The summed E-state index contributed by atoms with van der Waals surface area (Å²) in [5.41, 5.74) is 3.32. The maximum Gasteiger partial charge on any atom is 0.335 e. The molecule has 0 spiro atoms. The van der Waals surface area contributed by atoms with Gasteiger partial charge in [0.1, 0.15) is 12.4 Å². The molecule has 2 aliphatic rings. The lowest BCUT2D eigenvalue weighted by molar-refractivity contribution is -0.125. The number of nitrogens with zero attached hydrogens (tertiary/aromatic N) is 2. The lowest BCUT2D eigenvalue weighted by Crippen LogP contribution is -2.55. The van der Waals surface area contributed by atoms with Gasteiger partial charge in [0.25, 0.3) is 0 Å². The first-order valence-electron chi connectivity index (χ1n) is 12.5. The van der Waals surface area contributed by atoms with Crippen LogP contribution in [0.3, 0.4) is 0 Å². The minimum absolute atomic E-state index is 0.222. The van der Waals surface area contributed by atoms with Crippen molar-refractivity contribution in [3.05, 3.63) is 99.8 Å². The molecule has 0 unspecified atom stereocenters. The van der Waals surface area contributed by atoms with Crippen LogP contribution in [0.25, 0.3) is 5.57 Å². The smallest absolute Gasteiger partial charge is 0.335 e. The quantitative estimate of drug-likeness (QED) is 0.446. The molecule has 3 aromatic rings. The first kappa shape index (κ1) is 25.5. The fraction of sp³-hybridized carbons (Fsp3) is 0.333. The lowest BCUT2D eigenvalue weighted by Gasteiger charge is -2.50. The average Bonchev–Trinajstić information content (AvgIpc) is 3.03. The highest BCUT2D eigenvalue weighted by molar-refractivity contribution is 6.30. The molecule has 192 valence electrons. The maximum absolute atomic E-state index is 11.7. The van der Waals surface area contributed by atoms with Crippen LogP contribution < -0.4 is 4.74 Å². The van der Waals surface area contributed by atoms with Crippen LogP contribution in [-0.4, -0.2) is 45.7 Å². The molecule has 0 radical (unpaired) electrons. The normalized spacial score (nSPS) is 22.0. The number of hydrogen-bond donors (Lipinski definition) is 2. The van der Waals surface area contributed by atoms with Gasteiger partial charge in [-0.2, -0.15) is 0 Å². The third kappa shape index (κ3) is 4.89. The summed E-state index contributed by atoms with van der Waals surface area (Å²) in [4.78, 5) is 18.6. The van der Waals surface area contributed by atoms with E-state index >= 15 is 0 Å². The van der Waals surface area contributed by atoms with Crippen LogP contribution in [0.5, 0.6) is 5.75 Å². The SMILES string of the molecule is CC1(C)CN(CC/C=C2/c3cc(C(=O)O)ccc3OCc3ncccc32)CC[C@@]1(O)c1ccc(Cl)cc1. The number of hydrogen-bond acceptors (Lipinski definition) is 5. The Morgan fingerprint density at radius 3 is 2.68 bits per heavy atom. The van der Waals surface area contributed by atoms with Gasteiger partial charge in [0, 0.05) is 47.4 Å². The van der Waals surface area contributed by atoms with Crippen molar-refractivity contribution < 1.29 is 19.7 Å². The van der Waals surface area contributed by atoms with Crippen molar-refractivity contribution in [2.24, 2.45) is 5.41 Å². The predicted octanol–water partition coefficient (Wildman–Crippen LogP) is 5.77. The number of fused-ring (bicyclic) bond motifs is 2. The molecule has 1 fully saturated rings. The fourth-order valence-corrected chi connectivity index (χ4v) is 5.70. The van der Waals surface area contributed by atoms with E-state index in [1.54, 1.807) is 24.4 Å². The number of aromatic nitrogens is 1. The number of carboxylic acid groups (broad SMARTS) is 1. The molecule has 6 nitrogen and oxygen atoms in total. The molecule has 1 atom stereocenters. The predicted molar refractivity (Wildman–Crippen MR) is 144 cm³/mol. The van der Waals surface area contributed by atoms with E-state index in [0.717, 1.165) is 54.0 Å². The van der Waals surface area contributed by atoms with Gasteiger partial charge in [0.2, 0.25) is 0 Å². The molecule has 0 saturated carbocycles. The first-order chi connectivity index (χ1) is 17.7. The molecule has 7 heteroatoms. The van der Waals surface area contributed by atoms with Crippen LogP contribution >= 0.6 is 11.6 Å². The molecule has 1 saturated heterocycles. The molecule has 1 aromatic heterocycles. The summed E-state index contributed by atoms with van der Waals surface area (Å²) >= 11 is 6.07. The number of piperidine rings is 1. The van der Waals surface area contributed by atoms with Gasteiger partial charge in [-0.05, 0) is 60.4 Å². The zero-order valence-electron chi connectivity index (χ0n) is 21.1. The van der Waals surface area contributed by atoms with Gasteiger partial charge in [0.05, 0.1) is 16.9 Å². The summed E-state index contributed by atoms with van der Waals surface area (Å²) in [5, 5.41) is 21.9. The van der Waals surface area contributed by atoms with E-state index in [4.69, 9.17) is 16.3 Å². The highest BCUT2D eigenvalue weighted by Gasteiger charge is 2.48. The van der Waals surface area contributed by atoms with E-state index in [2.05, 4.69) is 29.8 Å². The highest BCUT2D eigenvalue weighted by atomic mass is 35.5. The zero-order chi connectivity index (χ0) is 26.2. The Morgan fingerprint density at radius 2 is 1.95 bits per heavy atom. The third-order valence-electron chi connectivity index (χ3n) is 7.71. The van der Waals surface area contributed by atoms with Crippen molar-refractivity contribution in [3.63, 3.8) is 0 Å². The number of aliphatic hydroxyl groups is 1. The lowest BCUT2D eigenvalue weighted by atomic mass is 9.66. The molecule has 5 rings (SSSR count). The summed E-state index contributed by atoms with van der Waals surface area (Å²) in [5.74, 6) is -0.317. The van der Waals surface area contributed by atoms with E-state index in [1.165, 1.54) is 0 Å². The number of ether oxygens (including phenoxy) is 1. The van der Waals surface area contributed by atoms with Crippen LogP contribution in [0, 0.1) is 5.41 Å². The van der Waals surface area contributed by atoms with Gasteiger partial charge in [-0.1, -0.05) is 49.7 Å². The molecule has 0 amide bonds. The number of aromatic carboxylic acids is 1. The monoisotopic (exact) mass is 518 g/mol. The Labute approximate surface area is 222 Å². The number of carbonyl (C=O) groups is 1. The summed E-state index contributed by atoms with van der Waals surface area (Å²) in [6, 6.07) is 16.4. The van der Waals surface area contributed by atoms with Crippen LogP contribution in [0.1, 0.15) is 59.4 Å². The molecule has 37 heavy (non-hydrogen) atoms. The standard InChI is InChI=1S/C30H31ClN2O4/c1-29(2)19-33(16-13-30(29,36)21-8-10-22(31)11-9-21)15-4-6-23-24-5-3-14-32-26(24)18-37-27-12-7-20(28(34)35)17-25(23)27/h3,5-12,14,17,36H,4,13,15-16,18-19H2,1-2H3,(H,34,35)/b23-6+/t30-/m1/s1. The van der Waals surface area contributed by atoms with Gasteiger partial charge < -0.3 is 19.8 Å². The van der Waals surface area contributed by atoms with Gasteiger partial charge in [-0.3, -0.25) is 4.98 Å². The van der Waals surface area contributed by atoms with Crippen LogP contribution in [0.4, 0.5) is 0 Å². The summed E-state index contributed by atoms with van der Waals surface area (Å²) < 4.78 is 5.99. The van der Waals surface area contributed by atoms with Crippen molar-refractivity contribution in [1.29, 1.82) is 0 Å². The first-order valence-corrected chi connectivity index (χ1v) is 12.9. The van der Waals surface area contributed by atoms with Gasteiger partial charge in [-0.15, -0.1) is 0 Å². The van der Waals surface area contributed by atoms with E-state index in [0.29, 0.717) is 23.8 Å². The Kier molecular flexibility index (Phi) is 6.84. The highest BCUT2D eigenvalue weighted by Crippen LogP contribution is 2.46. The number of halogens is 1. The fourth-order valence-electron chi connectivity index (χ4n) is 5.58. The maximum atomic E-state index is 11.7. The largest absolute Gasteiger partial charge is 0.487 e. The number of carboxylic acids is 1. The molecular formula is C30H31ClN2O4. The second-order valence-electron chi connectivity index (χ2n) is 10.5. The molecule has 2 N–H and O–H groups in total. The van der Waals surface area contributed by atoms with E-state index in [9.17, 15) is 15.0 Å². The molecular weight excluding hydrogens is 488 g/mol. The topological polar surface area (TPSA) is 82.9 Å². The molecule has 0 aliphatic carbocycles. The second kappa shape index (κ2) is 9.93. The van der Waals surface area contributed by atoms with Crippen molar-refractivity contribution in [2.45, 2.75) is 38.9 Å². The van der Waals surface area contributed by atoms with Gasteiger partial charge >= 0.3 is 5.97 Å². The van der Waals surface area contributed by atoms with Crippen LogP contribution in [0.15, 0.2) is 66.9 Å².